The topological polar surface area (TPSA) is 62.9 Å². The van der Waals surface area contributed by atoms with Crippen molar-refractivity contribution in [1.82, 2.24) is 0 Å². The van der Waals surface area contributed by atoms with Gasteiger partial charge < -0.3 is 14.2 Å². The fourth-order valence-corrected chi connectivity index (χ4v) is 1.57. The van der Waals surface area contributed by atoms with Crippen LogP contribution in [-0.2, 0) is 11.4 Å². The molecule has 0 atom stereocenters. The van der Waals surface area contributed by atoms with E-state index in [1.165, 1.54) is 13.2 Å². The average molecular weight is 229 g/mol. The molecule has 0 fully saturated rings. The highest BCUT2D eigenvalue weighted by molar-refractivity contribution is 5.53. The summed E-state index contributed by atoms with van der Waals surface area (Å²) in [6.07, 6.45) is 0. The number of rotatable bonds is 3. The van der Waals surface area contributed by atoms with Crippen molar-refractivity contribution in [3.63, 3.8) is 0 Å². The van der Waals surface area contributed by atoms with E-state index in [2.05, 4.69) is 4.84 Å². The van der Waals surface area contributed by atoms with Gasteiger partial charge >= 0.3 is 0 Å². The summed E-state index contributed by atoms with van der Waals surface area (Å²) >= 11 is 0. The van der Waals surface area contributed by atoms with E-state index in [1.807, 2.05) is 0 Å². The van der Waals surface area contributed by atoms with Crippen molar-refractivity contribution in [2.45, 2.75) is 6.61 Å². The van der Waals surface area contributed by atoms with Gasteiger partial charge in [0, 0.05) is 6.07 Å². The van der Waals surface area contributed by atoms with E-state index in [4.69, 9.17) is 20.1 Å². The Morgan fingerprint density at radius 2 is 2.19 bits per heavy atom. The molecule has 0 spiro atoms. The van der Waals surface area contributed by atoms with Crippen molar-refractivity contribution in [1.29, 1.82) is 0 Å². The minimum atomic E-state index is -0.544. The second kappa shape index (κ2) is 4.54. The van der Waals surface area contributed by atoms with E-state index in [-0.39, 0.29) is 17.9 Å². The number of ether oxygens (including phenoxy) is 3. The van der Waals surface area contributed by atoms with Crippen molar-refractivity contribution in [2.75, 3.05) is 20.3 Å². The first-order valence-electron chi connectivity index (χ1n) is 4.74. The average Bonchev–Trinajstić information content (AvgIpc) is 2.32. The van der Waals surface area contributed by atoms with E-state index < -0.39 is 5.82 Å². The molecule has 1 aromatic rings. The van der Waals surface area contributed by atoms with Crippen LogP contribution in [0.15, 0.2) is 6.07 Å². The van der Waals surface area contributed by atoms with Crippen LogP contribution in [0.3, 0.4) is 0 Å². The number of hydrogen-bond donors (Lipinski definition) is 1. The molecule has 6 heteroatoms. The second-order valence-corrected chi connectivity index (χ2v) is 3.21. The van der Waals surface area contributed by atoms with Crippen molar-refractivity contribution >= 4 is 0 Å². The number of benzene rings is 1. The third kappa shape index (κ3) is 1.77. The van der Waals surface area contributed by atoms with Gasteiger partial charge in [-0.05, 0) is 0 Å². The number of methoxy groups -OCH3 is 1. The SMILES string of the molecule is COc1cc2c(c(CON)c1F)OCCO2. The highest BCUT2D eigenvalue weighted by Crippen LogP contribution is 2.40. The fraction of sp³-hybridized carbons (Fsp3) is 0.400. The van der Waals surface area contributed by atoms with Gasteiger partial charge in [-0.3, -0.25) is 4.84 Å². The summed E-state index contributed by atoms with van der Waals surface area (Å²) in [5, 5.41) is 0. The van der Waals surface area contributed by atoms with Crippen molar-refractivity contribution in [3.05, 3.63) is 17.4 Å². The van der Waals surface area contributed by atoms with Gasteiger partial charge in [0.25, 0.3) is 0 Å². The van der Waals surface area contributed by atoms with Crippen LogP contribution in [0.5, 0.6) is 17.2 Å². The van der Waals surface area contributed by atoms with Crippen LogP contribution in [0.1, 0.15) is 5.56 Å². The Bertz CT molecular complexity index is 397. The molecule has 0 aromatic heterocycles. The van der Waals surface area contributed by atoms with Gasteiger partial charge in [-0.2, -0.15) is 0 Å². The van der Waals surface area contributed by atoms with Gasteiger partial charge in [-0.1, -0.05) is 0 Å². The minimum Gasteiger partial charge on any atom is -0.494 e. The molecule has 0 amide bonds. The number of fused-ring (bicyclic) bond motifs is 1. The van der Waals surface area contributed by atoms with E-state index in [9.17, 15) is 4.39 Å². The van der Waals surface area contributed by atoms with Crippen LogP contribution in [-0.4, -0.2) is 20.3 Å². The lowest BCUT2D eigenvalue weighted by Gasteiger charge is -2.22. The number of halogens is 1. The zero-order valence-electron chi connectivity index (χ0n) is 8.79. The van der Waals surface area contributed by atoms with E-state index in [0.29, 0.717) is 24.7 Å². The van der Waals surface area contributed by atoms with Gasteiger partial charge in [0.05, 0.1) is 19.3 Å². The molecule has 0 saturated heterocycles. The van der Waals surface area contributed by atoms with E-state index >= 15 is 0 Å². The quantitative estimate of drug-likeness (QED) is 0.783. The summed E-state index contributed by atoms with van der Waals surface area (Å²) in [5.74, 6) is 5.26. The molecule has 2 N–H and O–H groups in total. The molecule has 1 heterocycles. The van der Waals surface area contributed by atoms with Gasteiger partial charge in [0.2, 0.25) is 0 Å². The molecule has 0 saturated carbocycles. The summed E-state index contributed by atoms with van der Waals surface area (Å²) < 4.78 is 29.4. The maximum atomic E-state index is 13.9. The maximum Gasteiger partial charge on any atom is 0.174 e. The molecule has 0 unspecified atom stereocenters. The summed E-state index contributed by atoms with van der Waals surface area (Å²) in [7, 11) is 1.38. The van der Waals surface area contributed by atoms with Gasteiger partial charge in [0.15, 0.2) is 23.1 Å². The van der Waals surface area contributed by atoms with Crippen molar-refractivity contribution in [3.8, 4) is 17.2 Å². The van der Waals surface area contributed by atoms with Crippen LogP contribution in [0.4, 0.5) is 4.39 Å². The molecule has 5 nitrogen and oxygen atoms in total. The lowest BCUT2D eigenvalue weighted by atomic mass is 10.1. The zero-order chi connectivity index (χ0) is 11.5. The molecule has 2 rings (SSSR count). The Balaban J connectivity index is 2.52. The lowest BCUT2D eigenvalue weighted by Crippen LogP contribution is -2.18. The van der Waals surface area contributed by atoms with Crippen LogP contribution in [0.2, 0.25) is 0 Å². The molecule has 0 aliphatic carbocycles. The Labute approximate surface area is 91.8 Å². The Kier molecular flexibility index (Phi) is 3.12. The number of nitrogens with two attached hydrogens (primary N) is 1. The fourth-order valence-electron chi connectivity index (χ4n) is 1.57. The molecule has 1 aromatic carbocycles. The summed E-state index contributed by atoms with van der Waals surface area (Å²) in [5.41, 5.74) is 0.205. The second-order valence-electron chi connectivity index (χ2n) is 3.21. The summed E-state index contributed by atoms with van der Waals surface area (Å²) in [4.78, 5) is 4.44. The Hall–Kier alpha value is -1.53. The summed E-state index contributed by atoms with van der Waals surface area (Å²) in [6, 6.07) is 1.45. The third-order valence-electron chi connectivity index (χ3n) is 2.28. The molecule has 16 heavy (non-hydrogen) atoms. The molecular formula is C10H12FNO4. The van der Waals surface area contributed by atoms with Gasteiger partial charge in [-0.15, -0.1) is 0 Å². The zero-order valence-corrected chi connectivity index (χ0v) is 8.79. The third-order valence-corrected chi connectivity index (χ3v) is 2.28. The Morgan fingerprint density at radius 1 is 1.44 bits per heavy atom. The summed E-state index contributed by atoms with van der Waals surface area (Å²) in [6.45, 7) is 0.690. The predicted octanol–water partition coefficient (Wildman–Crippen LogP) is 0.996. The molecule has 1 aliphatic rings. The first-order chi connectivity index (χ1) is 7.77. The van der Waals surface area contributed by atoms with E-state index in [0.717, 1.165) is 0 Å². The van der Waals surface area contributed by atoms with Crippen LogP contribution in [0, 0.1) is 5.82 Å². The molecule has 0 bridgehead atoms. The maximum absolute atomic E-state index is 13.9. The van der Waals surface area contributed by atoms with Crippen LogP contribution < -0.4 is 20.1 Å². The van der Waals surface area contributed by atoms with Gasteiger partial charge in [0.1, 0.15) is 13.2 Å². The standard InChI is InChI=1S/C10H12FNO4/c1-13-7-4-8-10(15-3-2-14-8)6(5-16-12)9(7)11/h4H,2-3,5,12H2,1H3. The monoisotopic (exact) mass is 229 g/mol. The normalized spacial score (nSPS) is 13.7. The lowest BCUT2D eigenvalue weighted by molar-refractivity contribution is 0.111. The smallest absolute Gasteiger partial charge is 0.174 e. The van der Waals surface area contributed by atoms with Gasteiger partial charge in [-0.25, -0.2) is 10.3 Å². The van der Waals surface area contributed by atoms with Crippen LogP contribution >= 0.6 is 0 Å². The first kappa shape index (κ1) is 11.0. The molecule has 0 radical (unpaired) electrons. The molecular weight excluding hydrogens is 217 g/mol. The predicted molar refractivity (Wildman–Crippen MR) is 52.9 cm³/mol. The van der Waals surface area contributed by atoms with Crippen molar-refractivity contribution < 1.29 is 23.4 Å². The first-order valence-corrected chi connectivity index (χ1v) is 4.74. The molecule has 1 aliphatic heterocycles. The highest BCUT2D eigenvalue weighted by atomic mass is 19.1. The Morgan fingerprint density at radius 3 is 2.88 bits per heavy atom. The minimum absolute atomic E-state index is 0.0799. The van der Waals surface area contributed by atoms with Crippen molar-refractivity contribution in [2.24, 2.45) is 5.90 Å². The molecule has 88 valence electrons. The largest absolute Gasteiger partial charge is 0.494 e. The van der Waals surface area contributed by atoms with Crippen LogP contribution in [0.25, 0.3) is 0 Å². The van der Waals surface area contributed by atoms with E-state index in [1.54, 1.807) is 0 Å². The highest BCUT2D eigenvalue weighted by Gasteiger charge is 2.23. The number of hydrogen-bond acceptors (Lipinski definition) is 5.